The summed E-state index contributed by atoms with van der Waals surface area (Å²) in [5, 5.41) is 19.2. The molecule has 2 fully saturated rings. The number of nitrogens with zero attached hydrogens (tertiary/aromatic N) is 2. The van der Waals surface area contributed by atoms with Gasteiger partial charge in [0.05, 0.1) is 11.6 Å². The van der Waals surface area contributed by atoms with Crippen molar-refractivity contribution in [1.82, 2.24) is 9.80 Å². The van der Waals surface area contributed by atoms with Crippen molar-refractivity contribution < 1.29 is 19.8 Å². The number of carbonyl (C=O) groups excluding carboxylic acids is 1. The molecule has 0 aromatic heterocycles. The maximum atomic E-state index is 12.5. The number of amides is 2. The molecule has 2 N–H and O–H groups in total. The third kappa shape index (κ3) is 2.68. The van der Waals surface area contributed by atoms with E-state index in [2.05, 4.69) is 0 Å². The van der Waals surface area contributed by atoms with Crippen LogP contribution in [0.2, 0.25) is 0 Å². The third-order valence-corrected chi connectivity index (χ3v) is 4.13. The lowest BCUT2D eigenvalue weighted by atomic mass is 9.96. The van der Waals surface area contributed by atoms with E-state index in [1.165, 1.54) is 4.90 Å². The van der Waals surface area contributed by atoms with E-state index >= 15 is 0 Å². The average molecular weight is 270 g/mol. The van der Waals surface area contributed by atoms with E-state index in [1.807, 2.05) is 0 Å². The lowest BCUT2D eigenvalue weighted by molar-refractivity contribution is -0.140. The Labute approximate surface area is 113 Å². The molecular formula is C13H22N2O4. The second-order valence-corrected chi connectivity index (χ2v) is 5.98. The summed E-state index contributed by atoms with van der Waals surface area (Å²) in [6, 6.07) is -0.781. The summed E-state index contributed by atoms with van der Waals surface area (Å²) >= 11 is 0. The molecule has 0 bridgehead atoms. The zero-order valence-corrected chi connectivity index (χ0v) is 11.5. The summed E-state index contributed by atoms with van der Waals surface area (Å²) in [7, 11) is 0. The molecular weight excluding hydrogens is 248 g/mol. The van der Waals surface area contributed by atoms with Crippen molar-refractivity contribution in [2.24, 2.45) is 0 Å². The Hall–Kier alpha value is -1.30. The summed E-state index contributed by atoms with van der Waals surface area (Å²) < 4.78 is 0. The molecule has 108 valence electrons. The maximum absolute atomic E-state index is 12.5. The minimum absolute atomic E-state index is 0.149. The van der Waals surface area contributed by atoms with Gasteiger partial charge >= 0.3 is 6.09 Å². The van der Waals surface area contributed by atoms with Crippen LogP contribution in [-0.4, -0.2) is 62.8 Å². The van der Waals surface area contributed by atoms with Crippen LogP contribution in [0.3, 0.4) is 0 Å². The van der Waals surface area contributed by atoms with Crippen molar-refractivity contribution in [3.8, 4) is 0 Å². The van der Waals surface area contributed by atoms with Gasteiger partial charge in [-0.05, 0) is 39.5 Å². The van der Waals surface area contributed by atoms with Gasteiger partial charge in [0.2, 0.25) is 5.91 Å². The first-order valence-electron chi connectivity index (χ1n) is 6.85. The van der Waals surface area contributed by atoms with Gasteiger partial charge in [0.1, 0.15) is 6.04 Å². The first kappa shape index (κ1) is 14.1. The van der Waals surface area contributed by atoms with E-state index < -0.39 is 17.7 Å². The molecule has 0 unspecified atom stereocenters. The fourth-order valence-corrected chi connectivity index (χ4v) is 3.21. The minimum Gasteiger partial charge on any atom is -0.465 e. The summed E-state index contributed by atoms with van der Waals surface area (Å²) in [6.07, 6.45) is 1.91. The quantitative estimate of drug-likeness (QED) is 0.781. The van der Waals surface area contributed by atoms with Gasteiger partial charge in [-0.2, -0.15) is 0 Å². The third-order valence-electron chi connectivity index (χ3n) is 4.13. The second-order valence-electron chi connectivity index (χ2n) is 5.98. The van der Waals surface area contributed by atoms with Crippen LogP contribution in [0.4, 0.5) is 4.79 Å². The van der Waals surface area contributed by atoms with Crippen LogP contribution in [-0.2, 0) is 4.79 Å². The Morgan fingerprint density at radius 1 is 1.11 bits per heavy atom. The number of hydrogen-bond donors (Lipinski definition) is 2. The predicted molar refractivity (Wildman–Crippen MR) is 68.8 cm³/mol. The topological polar surface area (TPSA) is 81.1 Å². The van der Waals surface area contributed by atoms with Crippen LogP contribution in [0.25, 0.3) is 0 Å². The molecule has 2 atom stereocenters. The fourth-order valence-electron chi connectivity index (χ4n) is 3.21. The molecule has 2 rings (SSSR count). The van der Waals surface area contributed by atoms with Gasteiger partial charge in [0.25, 0.3) is 0 Å². The number of carbonyl (C=O) groups is 2. The van der Waals surface area contributed by atoms with E-state index in [4.69, 9.17) is 5.11 Å². The summed E-state index contributed by atoms with van der Waals surface area (Å²) in [6.45, 7) is 4.43. The molecule has 0 aromatic carbocycles. The molecule has 0 saturated carbocycles. The van der Waals surface area contributed by atoms with E-state index in [-0.39, 0.29) is 11.9 Å². The summed E-state index contributed by atoms with van der Waals surface area (Å²) in [5.74, 6) is -0.149. The zero-order chi connectivity index (χ0) is 14.2. The first-order chi connectivity index (χ1) is 8.82. The molecule has 19 heavy (non-hydrogen) atoms. The molecule has 6 nitrogen and oxygen atoms in total. The van der Waals surface area contributed by atoms with E-state index in [9.17, 15) is 14.7 Å². The van der Waals surface area contributed by atoms with Crippen LogP contribution in [0.1, 0.15) is 39.5 Å². The Morgan fingerprint density at radius 2 is 1.68 bits per heavy atom. The highest BCUT2D eigenvalue weighted by atomic mass is 16.4. The largest absolute Gasteiger partial charge is 0.465 e. The fraction of sp³-hybridized carbons (Fsp3) is 0.846. The maximum Gasteiger partial charge on any atom is 0.407 e. The molecule has 2 amide bonds. The molecule has 0 spiro atoms. The molecule has 2 heterocycles. The minimum atomic E-state index is -1.03. The number of carboxylic acid groups (broad SMARTS) is 1. The summed E-state index contributed by atoms with van der Waals surface area (Å²) in [4.78, 5) is 26.5. The standard InChI is InChI=1S/C13H22N2O4/c1-13(2,19)10-6-4-8-15(10)11(16)9-5-3-7-14(9)12(17)18/h9-10,19H,3-8H2,1-2H3,(H,17,18)/t9-,10-/m0/s1. The first-order valence-corrected chi connectivity index (χ1v) is 6.85. The van der Waals surface area contributed by atoms with Crippen LogP contribution < -0.4 is 0 Å². The normalized spacial score (nSPS) is 27.9. The monoisotopic (exact) mass is 270 g/mol. The predicted octanol–water partition coefficient (Wildman–Crippen LogP) is 0.891. The van der Waals surface area contributed by atoms with Crippen molar-refractivity contribution in [2.45, 2.75) is 57.2 Å². The Bertz CT molecular complexity index is 377. The molecule has 0 aromatic rings. The van der Waals surface area contributed by atoms with E-state index in [0.717, 1.165) is 19.3 Å². The van der Waals surface area contributed by atoms with Gasteiger partial charge in [-0.15, -0.1) is 0 Å². The Balaban J connectivity index is 2.13. The zero-order valence-electron chi connectivity index (χ0n) is 11.5. The lowest BCUT2D eigenvalue weighted by Crippen LogP contribution is -2.54. The number of likely N-dealkylation sites (tertiary alicyclic amines) is 2. The Kier molecular flexibility index (Phi) is 3.71. The van der Waals surface area contributed by atoms with Gasteiger partial charge in [-0.3, -0.25) is 9.69 Å². The van der Waals surface area contributed by atoms with Crippen LogP contribution in [0.5, 0.6) is 0 Å². The van der Waals surface area contributed by atoms with Crippen molar-refractivity contribution in [3.63, 3.8) is 0 Å². The van der Waals surface area contributed by atoms with Crippen molar-refractivity contribution in [1.29, 1.82) is 0 Å². The SMILES string of the molecule is CC(C)(O)[C@@H]1CCCN1C(=O)[C@@H]1CCCN1C(=O)O. The Morgan fingerprint density at radius 3 is 2.26 bits per heavy atom. The number of hydrogen-bond acceptors (Lipinski definition) is 3. The van der Waals surface area contributed by atoms with Crippen molar-refractivity contribution in [3.05, 3.63) is 0 Å². The van der Waals surface area contributed by atoms with E-state index in [1.54, 1.807) is 18.7 Å². The molecule has 0 radical (unpaired) electrons. The summed E-state index contributed by atoms with van der Waals surface area (Å²) in [5.41, 5.74) is -0.946. The molecule has 2 aliphatic rings. The van der Waals surface area contributed by atoms with E-state index in [0.29, 0.717) is 19.5 Å². The van der Waals surface area contributed by atoms with Gasteiger partial charge in [-0.1, -0.05) is 0 Å². The number of rotatable bonds is 2. The van der Waals surface area contributed by atoms with Gasteiger partial charge in [0.15, 0.2) is 0 Å². The average Bonchev–Trinajstić information content (AvgIpc) is 2.96. The smallest absolute Gasteiger partial charge is 0.407 e. The van der Waals surface area contributed by atoms with Crippen molar-refractivity contribution >= 4 is 12.0 Å². The van der Waals surface area contributed by atoms with Gasteiger partial charge in [0, 0.05) is 13.1 Å². The molecule has 0 aliphatic carbocycles. The highest BCUT2D eigenvalue weighted by Crippen LogP contribution is 2.29. The molecule has 2 saturated heterocycles. The van der Waals surface area contributed by atoms with Crippen LogP contribution >= 0.6 is 0 Å². The van der Waals surface area contributed by atoms with Crippen molar-refractivity contribution in [2.75, 3.05) is 13.1 Å². The van der Waals surface area contributed by atoms with Gasteiger partial charge in [-0.25, -0.2) is 4.79 Å². The molecule has 6 heteroatoms. The highest BCUT2D eigenvalue weighted by Gasteiger charge is 2.43. The highest BCUT2D eigenvalue weighted by molar-refractivity contribution is 5.86. The lowest BCUT2D eigenvalue weighted by Gasteiger charge is -2.36. The molecule has 2 aliphatic heterocycles. The van der Waals surface area contributed by atoms with Crippen LogP contribution in [0, 0.1) is 0 Å². The number of aliphatic hydroxyl groups is 1. The second kappa shape index (κ2) is 5.00. The van der Waals surface area contributed by atoms with Gasteiger partial charge < -0.3 is 15.1 Å². The van der Waals surface area contributed by atoms with Crippen LogP contribution in [0.15, 0.2) is 0 Å².